The quantitative estimate of drug-likeness (QED) is 0.653. The minimum absolute atomic E-state index is 0.0247. The Morgan fingerprint density at radius 3 is 2.96 bits per heavy atom. The fourth-order valence-electron chi connectivity index (χ4n) is 2.94. The van der Waals surface area contributed by atoms with Gasteiger partial charge in [-0.2, -0.15) is 0 Å². The molecule has 4 rings (SSSR count). The number of nitrogens with zero attached hydrogens (tertiary/aromatic N) is 1. The fourth-order valence-corrected chi connectivity index (χ4v) is 4.70. The lowest BCUT2D eigenvalue weighted by Crippen LogP contribution is -2.38. The van der Waals surface area contributed by atoms with Crippen molar-refractivity contribution in [2.24, 2.45) is 0 Å². The van der Waals surface area contributed by atoms with Gasteiger partial charge in [-0.05, 0) is 53.1 Å². The molecule has 0 bridgehead atoms. The summed E-state index contributed by atoms with van der Waals surface area (Å²) in [5.41, 5.74) is 1.27. The van der Waals surface area contributed by atoms with E-state index in [0.29, 0.717) is 5.76 Å². The fraction of sp³-hybridized carbons (Fsp3) is 0.167. The van der Waals surface area contributed by atoms with Crippen molar-refractivity contribution in [3.63, 3.8) is 0 Å². The molecule has 1 aliphatic heterocycles. The number of thiophene rings is 2. The number of hydrogen-bond acceptors (Lipinski definition) is 4. The van der Waals surface area contributed by atoms with Crippen molar-refractivity contribution in [2.45, 2.75) is 12.5 Å². The maximum atomic E-state index is 12.7. The zero-order valence-electron chi connectivity index (χ0n) is 12.3. The van der Waals surface area contributed by atoms with E-state index in [0.717, 1.165) is 13.0 Å². The number of carbonyl (C=O) groups excluding carboxylic acids is 1. The van der Waals surface area contributed by atoms with Crippen LogP contribution in [0, 0.1) is 0 Å². The Balaban J connectivity index is 1.65. The standard InChI is InChI=1S/C18H15NO2S2/c20-17(6-5-13-3-1-10-21-13)19-9-7-15-14(8-12-23-15)18(19)16-4-2-11-22-16/h1-6,8,10-12,18H,7,9H2/b6-5+. The summed E-state index contributed by atoms with van der Waals surface area (Å²) in [7, 11) is 0. The summed E-state index contributed by atoms with van der Waals surface area (Å²) in [5, 5.41) is 4.19. The van der Waals surface area contributed by atoms with Gasteiger partial charge in [0.25, 0.3) is 0 Å². The Kier molecular flexibility index (Phi) is 3.89. The van der Waals surface area contributed by atoms with Crippen LogP contribution < -0.4 is 0 Å². The number of hydrogen-bond donors (Lipinski definition) is 0. The van der Waals surface area contributed by atoms with Crippen LogP contribution in [-0.4, -0.2) is 17.4 Å². The number of fused-ring (bicyclic) bond motifs is 1. The molecular weight excluding hydrogens is 326 g/mol. The SMILES string of the molecule is O=C(/C=C/c1ccco1)N1CCc2sccc2C1c1cccs1. The minimum Gasteiger partial charge on any atom is -0.465 e. The molecule has 0 saturated carbocycles. The van der Waals surface area contributed by atoms with Crippen molar-refractivity contribution < 1.29 is 9.21 Å². The van der Waals surface area contributed by atoms with E-state index in [-0.39, 0.29) is 11.9 Å². The van der Waals surface area contributed by atoms with E-state index in [4.69, 9.17) is 4.42 Å². The smallest absolute Gasteiger partial charge is 0.247 e. The molecule has 0 saturated heterocycles. The van der Waals surface area contributed by atoms with Gasteiger partial charge < -0.3 is 9.32 Å². The molecule has 5 heteroatoms. The number of furan rings is 1. The first kappa shape index (κ1) is 14.5. The van der Waals surface area contributed by atoms with E-state index in [1.165, 1.54) is 15.3 Å². The predicted molar refractivity (Wildman–Crippen MR) is 93.6 cm³/mol. The highest BCUT2D eigenvalue weighted by Gasteiger charge is 2.32. The van der Waals surface area contributed by atoms with Gasteiger partial charge in [0.1, 0.15) is 5.76 Å². The molecule has 23 heavy (non-hydrogen) atoms. The van der Waals surface area contributed by atoms with Crippen molar-refractivity contribution in [3.05, 3.63) is 74.5 Å². The maximum absolute atomic E-state index is 12.7. The van der Waals surface area contributed by atoms with Crippen LogP contribution >= 0.6 is 22.7 Å². The van der Waals surface area contributed by atoms with Gasteiger partial charge in [-0.15, -0.1) is 22.7 Å². The molecule has 3 aromatic heterocycles. The van der Waals surface area contributed by atoms with E-state index in [1.54, 1.807) is 41.1 Å². The highest BCUT2D eigenvalue weighted by molar-refractivity contribution is 7.10. The van der Waals surface area contributed by atoms with Crippen LogP contribution in [0.1, 0.15) is 27.1 Å². The Hall–Kier alpha value is -2.11. The molecule has 1 aliphatic rings. The average Bonchev–Trinajstić information content (AvgIpc) is 3.33. The van der Waals surface area contributed by atoms with Crippen LogP contribution in [0.25, 0.3) is 6.08 Å². The molecule has 116 valence electrons. The van der Waals surface area contributed by atoms with E-state index in [2.05, 4.69) is 22.9 Å². The predicted octanol–water partition coefficient (Wildman–Crippen LogP) is 4.59. The summed E-state index contributed by atoms with van der Waals surface area (Å²) in [6.07, 6.45) is 5.88. The van der Waals surface area contributed by atoms with Crippen LogP contribution in [0.3, 0.4) is 0 Å². The first-order chi connectivity index (χ1) is 11.3. The summed E-state index contributed by atoms with van der Waals surface area (Å²) in [6, 6.07) is 9.99. The van der Waals surface area contributed by atoms with Gasteiger partial charge >= 0.3 is 0 Å². The second kappa shape index (κ2) is 6.18. The normalized spacial score (nSPS) is 17.6. The van der Waals surface area contributed by atoms with Crippen molar-refractivity contribution in [1.82, 2.24) is 4.90 Å². The maximum Gasteiger partial charge on any atom is 0.247 e. The first-order valence-electron chi connectivity index (χ1n) is 7.45. The van der Waals surface area contributed by atoms with Crippen molar-refractivity contribution in [3.8, 4) is 0 Å². The Morgan fingerprint density at radius 2 is 2.17 bits per heavy atom. The minimum atomic E-state index is 0.0247. The largest absolute Gasteiger partial charge is 0.465 e. The highest BCUT2D eigenvalue weighted by atomic mass is 32.1. The lowest BCUT2D eigenvalue weighted by molar-refractivity contribution is -0.127. The molecule has 0 fully saturated rings. The molecule has 1 unspecified atom stereocenters. The highest BCUT2D eigenvalue weighted by Crippen LogP contribution is 2.39. The number of amides is 1. The van der Waals surface area contributed by atoms with Crippen molar-refractivity contribution in [1.29, 1.82) is 0 Å². The molecule has 4 heterocycles. The van der Waals surface area contributed by atoms with E-state index in [9.17, 15) is 4.79 Å². The monoisotopic (exact) mass is 341 g/mol. The molecule has 0 spiro atoms. The average molecular weight is 341 g/mol. The van der Waals surface area contributed by atoms with Crippen LogP contribution in [0.5, 0.6) is 0 Å². The van der Waals surface area contributed by atoms with Crippen LogP contribution in [0.4, 0.5) is 0 Å². The Bertz CT molecular complexity index is 815. The molecule has 1 amide bonds. The number of rotatable bonds is 3. The molecule has 0 aromatic carbocycles. The molecule has 0 radical (unpaired) electrons. The molecule has 3 nitrogen and oxygen atoms in total. The summed E-state index contributed by atoms with van der Waals surface area (Å²) < 4.78 is 5.26. The zero-order chi connectivity index (χ0) is 15.6. The molecule has 1 atom stereocenters. The summed E-state index contributed by atoms with van der Waals surface area (Å²) in [6.45, 7) is 0.747. The topological polar surface area (TPSA) is 33.5 Å². The van der Waals surface area contributed by atoms with E-state index >= 15 is 0 Å². The van der Waals surface area contributed by atoms with E-state index < -0.39 is 0 Å². The van der Waals surface area contributed by atoms with Crippen LogP contribution in [-0.2, 0) is 11.2 Å². The first-order valence-corrected chi connectivity index (χ1v) is 9.21. The van der Waals surface area contributed by atoms with Gasteiger partial charge in [0.2, 0.25) is 5.91 Å². The van der Waals surface area contributed by atoms with Gasteiger partial charge in [0, 0.05) is 22.4 Å². The van der Waals surface area contributed by atoms with Gasteiger partial charge in [-0.25, -0.2) is 0 Å². The van der Waals surface area contributed by atoms with Crippen molar-refractivity contribution >= 4 is 34.7 Å². The third kappa shape index (κ3) is 2.78. The lowest BCUT2D eigenvalue weighted by Gasteiger charge is -2.34. The Morgan fingerprint density at radius 1 is 1.22 bits per heavy atom. The van der Waals surface area contributed by atoms with Crippen LogP contribution in [0.15, 0.2) is 57.8 Å². The second-order valence-corrected chi connectivity index (χ2v) is 7.33. The summed E-state index contributed by atoms with van der Waals surface area (Å²) in [4.78, 5) is 17.3. The third-order valence-corrected chi connectivity index (χ3v) is 5.92. The summed E-state index contributed by atoms with van der Waals surface area (Å²) >= 11 is 3.49. The summed E-state index contributed by atoms with van der Waals surface area (Å²) in [5.74, 6) is 0.718. The van der Waals surface area contributed by atoms with E-state index in [1.807, 2.05) is 23.1 Å². The zero-order valence-corrected chi connectivity index (χ0v) is 14.0. The molecule has 0 aliphatic carbocycles. The van der Waals surface area contributed by atoms with Gasteiger partial charge in [-0.1, -0.05) is 6.07 Å². The van der Waals surface area contributed by atoms with Gasteiger partial charge in [-0.3, -0.25) is 4.79 Å². The second-order valence-electron chi connectivity index (χ2n) is 5.35. The van der Waals surface area contributed by atoms with Crippen LogP contribution in [0.2, 0.25) is 0 Å². The third-order valence-electron chi connectivity index (χ3n) is 4.00. The van der Waals surface area contributed by atoms with Crippen molar-refractivity contribution in [2.75, 3.05) is 6.54 Å². The molecule has 0 N–H and O–H groups in total. The van der Waals surface area contributed by atoms with Gasteiger partial charge in [0.15, 0.2) is 0 Å². The molecule has 3 aromatic rings. The molecular formula is C18H15NO2S2. The lowest BCUT2D eigenvalue weighted by atomic mass is 9.98. The number of carbonyl (C=O) groups is 1. The Labute approximate surface area is 142 Å². The van der Waals surface area contributed by atoms with Gasteiger partial charge in [0.05, 0.1) is 12.3 Å².